The lowest BCUT2D eigenvalue weighted by atomic mass is 9.99. The van der Waals surface area contributed by atoms with Gasteiger partial charge in [0.1, 0.15) is 18.1 Å². The zero-order chi connectivity index (χ0) is 21.6. The zero-order valence-electron chi connectivity index (χ0n) is 18.2. The van der Waals surface area contributed by atoms with Gasteiger partial charge in [0.05, 0.1) is 44.4 Å². The summed E-state index contributed by atoms with van der Waals surface area (Å²) < 4.78 is 21.8. The highest BCUT2D eigenvalue weighted by molar-refractivity contribution is 6.00. The molecule has 0 aromatic carbocycles. The molecule has 0 N–H and O–H groups in total. The minimum Gasteiger partial charge on any atom is -0.462 e. The van der Waals surface area contributed by atoms with Crippen molar-refractivity contribution < 1.29 is 18.8 Å². The van der Waals surface area contributed by atoms with Gasteiger partial charge in [-0.15, -0.1) is 0 Å². The van der Waals surface area contributed by atoms with E-state index in [1.54, 1.807) is 0 Å². The van der Waals surface area contributed by atoms with Crippen molar-refractivity contribution in [3.05, 3.63) is 23.1 Å². The summed E-state index contributed by atoms with van der Waals surface area (Å²) in [5.74, 6) is 0.854. The maximum Gasteiger partial charge on any atom is 0.318 e. The molecule has 172 valence electrons. The molecule has 2 saturated heterocycles. The minimum atomic E-state index is 0.393. The quantitative estimate of drug-likeness (QED) is 0.607. The fourth-order valence-corrected chi connectivity index (χ4v) is 4.11. The number of fused-ring (bicyclic) bond motifs is 1. The van der Waals surface area contributed by atoms with E-state index < -0.39 is 0 Å². The summed E-state index contributed by atoms with van der Waals surface area (Å²) >= 11 is 0. The third kappa shape index (κ3) is 5.22. The standard InChI is InChI=1S/C21H29N7O4/c1-2-17(20-18(3-1)25-32-26-20)22-15-16-14-19(28-7-11-30-12-8-28)24-21(23-16)31-13-6-27-4-9-29-10-5-27/h14H,1-13,15H2. The molecule has 0 spiro atoms. The Hall–Kier alpha value is -2.63. The third-order valence-electron chi connectivity index (χ3n) is 5.91. The second-order valence-corrected chi connectivity index (χ2v) is 8.08. The van der Waals surface area contributed by atoms with Crippen LogP contribution in [0.2, 0.25) is 0 Å². The molecule has 2 aliphatic heterocycles. The first-order chi connectivity index (χ1) is 15.8. The molecular formula is C21H29N7O4. The van der Waals surface area contributed by atoms with Gasteiger partial charge in [0.2, 0.25) is 0 Å². The molecule has 3 aliphatic rings. The summed E-state index contributed by atoms with van der Waals surface area (Å²) in [6.45, 7) is 8.18. The van der Waals surface area contributed by atoms with E-state index in [0.29, 0.717) is 32.4 Å². The van der Waals surface area contributed by atoms with E-state index in [-0.39, 0.29) is 0 Å². The van der Waals surface area contributed by atoms with Crippen LogP contribution < -0.4 is 9.64 Å². The molecule has 0 atom stereocenters. The van der Waals surface area contributed by atoms with Gasteiger partial charge in [-0.1, -0.05) is 5.16 Å². The number of rotatable bonds is 7. The van der Waals surface area contributed by atoms with Crippen LogP contribution in [0.3, 0.4) is 0 Å². The predicted octanol–water partition coefficient (Wildman–Crippen LogP) is 0.733. The fraction of sp³-hybridized carbons (Fsp3) is 0.667. The second kappa shape index (κ2) is 10.3. The van der Waals surface area contributed by atoms with Crippen molar-refractivity contribution in [2.24, 2.45) is 4.99 Å². The zero-order valence-corrected chi connectivity index (χ0v) is 18.2. The van der Waals surface area contributed by atoms with Gasteiger partial charge in [-0.25, -0.2) is 4.63 Å². The first-order valence-corrected chi connectivity index (χ1v) is 11.3. The van der Waals surface area contributed by atoms with Crippen LogP contribution in [-0.2, 0) is 22.4 Å². The Morgan fingerprint density at radius 2 is 1.78 bits per heavy atom. The van der Waals surface area contributed by atoms with Crippen molar-refractivity contribution >= 4 is 11.5 Å². The Labute approximate surface area is 186 Å². The predicted molar refractivity (Wildman–Crippen MR) is 115 cm³/mol. The number of ether oxygens (including phenoxy) is 3. The van der Waals surface area contributed by atoms with Gasteiger partial charge >= 0.3 is 6.01 Å². The van der Waals surface area contributed by atoms with Crippen LogP contribution in [0.25, 0.3) is 0 Å². The number of aryl methyl sites for hydroxylation is 1. The lowest BCUT2D eigenvalue weighted by molar-refractivity contribution is 0.0317. The number of anilines is 1. The molecule has 4 heterocycles. The molecule has 2 aromatic rings. The summed E-state index contributed by atoms with van der Waals surface area (Å²) in [5, 5.41) is 8.01. The number of nitrogens with zero attached hydrogens (tertiary/aromatic N) is 7. The van der Waals surface area contributed by atoms with E-state index in [1.807, 2.05) is 6.07 Å². The van der Waals surface area contributed by atoms with E-state index in [2.05, 4.69) is 30.1 Å². The average molecular weight is 444 g/mol. The average Bonchev–Trinajstić information content (AvgIpc) is 3.34. The highest BCUT2D eigenvalue weighted by Gasteiger charge is 2.21. The van der Waals surface area contributed by atoms with E-state index in [1.165, 1.54) is 0 Å². The van der Waals surface area contributed by atoms with Crippen LogP contribution in [0, 0.1) is 0 Å². The van der Waals surface area contributed by atoms with Gasteiger partial charge in [0.25, 0.3) is 0 Å². The monoisotopic (exact) mass is 443 g/mol. The molecule has 0 amide bonds. The Balaban J connectivity index is 1.30. The molecule has 5 rings (SSSR count). The third-order valence-corrected chi connectivity index (χ3v) is 5.91. The van der Waals surface area contributed by atoms with Gasteiger partial charge in [0, 0.05) is 38.8 Å². The van der Waals surface area contributed by atoms with Gasteiger partial charge in [0.15, 0.2) is 5.69 Å². The summed E-state index contributed by atoms with van der Waals surface area (Å²) in [4.78, 5) is 18.6. The molecule has 0 radical (unpaired) electrons. The largest absolute Gasteiger partial charge is 0.462 e. The van der Waals surface area contributed by atoms with E-state index in [9.17, 15) is 0 Å². The number of hydrogen-bond acceptors (Lipinski definition) is 11. The molecule has 0 unspecified atom stereocenters. The molecule has 11 heteroatoms. The van der Waals surface area contributed by atoms with Crippen molar-refractivity contribution in [3.8, 4) is 6.01 Å². The lowest BCUT2D eigenvalue weighted by Crippen LogP contribution is -2.39. The Bertz CT molecular complexity index is 923. The van der Waals surface area contributed by atoms with Crippen LogP contribution in [-0.4, -0.2) is 96.7 Å². The minimum absolute atomic E-state index is 0.393. The van der Waals surface area contributed by atoms with E-state index >= 15 is 0 Å². The molecule has 32 heavy (non-hydrogen) atoms. The smallest absolute Gasteiger partial charge is 0.318 e. The Morgan fingerprint density at radius 3 is 2.62 bits per heavy atom. The Morgan fingerprint density at radius 1 is 0.969 bits per heavy atom. The molecular weight excluding hydrogens is 414 g/mol. The van der Waals surface area contributed by atoms with Crippen LogP contribution >= 0.6 is 0 Å². The molecule has 0 bridgehead atoms. The SMILES string of the molecule is c1c(CN=C2CCCc3nonc32)nc(OCCN2CCOCC2)nc1N1CCOCC1. The van der Waals surface area contributed by atoms with Crippen molar-refractivity contribution in [2.75, 3.05) is 70.7 Å². The number of aliphatic imine (C=N–C) groups is 1. The number of aromatic nitrogens is 4. The summed E-state index contributed by atoms with van der Waals surface area (Å²) in [6, 6.07) is 2.39. The number of hydrogen-bond donors (Lipinski definition) is 0. The van der Waals surface area contributed by atoms with Gasteiger partial charge in [-0.2, -0.15) is 9.97 Å². The second-order valence-electron chi connectivity index (χ2n) is 8.08. The van der Waals surface area contributed by atoms with Crippen LogP contribution in [0.4, 0.5) is 5.82 Å². The fourth-order valence-electron chi connectivity index (χ4n) is 4.11. The summed E-state index contributed by atoms with van der Waals surface area (Å²) in [7, 11) is 0. The molecule has 2 fully saturated rings. The van der Waals surface area contributed by atoms with E-state index in [0.717, 1.165) is 93.8 Å². The van der Waals surface area contributed by atoms with Crippen molar-refractivity contribution in [1.82, 2.24) is 25.2 Å². The summed E-state index contributed by atoms with van der Waals surface area (Å²) in [6.07, 6.45) is 2.75. The van der Waals surface area contributed by atoms with Crippen molar-refractivity contribution in [1.29, 1.82) is 0 Å². The highest BCUT2D eigenvalue weighted by Crippen LogP contribution is 2.21. The highest BCUT2D eigenvalue weighted by atomic mass is 16.6. The molecule has 2 aromatic heterocycles. The topological polar surface area (TPSA) is 111 Å². The maximum absolute atomic E-state index is 5.97. The normalized spacial score (nSPS) is 21.0. The molecule has 0 saturated carbocycles. The van der Waals surface area contributed by atoms with Gasteiger partial charge < -0.3 is 19.1 Å². The first-order valence-electron chi connectivity index (χ1n) is 11.3. The van der Waals surface area contributed by atoms with E-state index in [4.69, 9.17) is 23.8 Å². The Kier molecular flexibility index (Phi) is 6.85. The molecule has 1 aliphatic carbocycles. The summed E-state index contributed by atoms with van der Waals surface area (Å²) in [5.41, 5.74) is 3.41. The van der Waals surface area contributed by atoms with Crippen molar-refractivity contribution in [2.45, 2.75) is 25.8 Å². The first kappa shape index (κ1) is 21.2. The van der Waals surface area contributed by atoms with Crippen LogP contribution in [0.5, 0.6) is 6.01 Å². The van der Waals surface area contributed by atoms with Crippen LogP contribution in [0.15, 0.2) is 15.7 Å². The van der Waals surface area contributed by atoms with Crippen molar-refractivity contribution in [3.63, 3.8) is 0 Å². The maximum atomic E-state index is 5.97. The molecule has 11 nitrogen and oxygen atoms in total. The van der Waals surface area contributed by atoms with Crippen LogP contribution in [0.1, 0.15) is 29.9 Å². The lowest BCUT2D eigenvalue weighted by Gasteiger charge is -2.28. The number of morpholine rings is 2. The van der Waals surface area contributed by atoms with Gasteiger partial charge in [-0.05, 0) is 24.4 Å². The van der Waals surface area contributed by atoms with Gasteiger partial charge in [-0.3, -0.25) is 9.89 Å².